The highest BCUT2D eigenvalue weighted by Gasteiger charge is 2.27. The van der Waals surface area contributed by atoms with Crippen molar-refractivity contribution >= 4 is 21.8 Å². The lowest BCUT2D eigenvalue weighted by Gasteiger charge is -2.32. The Morgan fingerprint density at radius 3 is 2.26 bits per heavy atom. The average Bonchev–Trinajstić information content (AvgIpc) is 2.78. The molecule has 0 spiro atoms. The largest absolute Gasteiger partial charge is 0.345 e. The van der Waals surface area contributed by atoms with Crippen LogP contribution in [0.1, 0.15) is 70.4 Å². The second kappa shape index (κ2) is 6.60. The standard InChI is InChI=1S/C15H25BrN2O/c1-6-15(7-2,8-3)17-14(19)13-9-12(16)10-18(13)11(4)5/h9-11H,6-8H2,1-5H3,(H,17,19). The zero-order valence-corrected chi connectivity index (χ0v) is 14.2. The first-order valence-electron chi connectivity index (χ1n) is 7.09. The molecule has 0 aliphatic heterocycles. The second-order valence-corrected chi connectivity index (χ2v) is 6.26. The van der Waals surface area contributed by atoms with Crippen molar-refractivity contribution in [3.05, 3.63) is 22.4 Å². The molecule has 1 N–H and O–H groups in total. The van der Waals surface area contributed by atoms with Crippen LogP contribution in [0.4, 0.5) is 0 Å². The molecule has 0 bridgehead atoms. The lowest BCUT2D eigenvalue weighted by atomic mass is 9.89. The van der Waals surface area contributed by atoms with Gasteiger partial charge in [0.1, 0.15) is 5.69 Å². The smallest absolute Gasteiger partial charge is 0.268 e. The number of nitrogens with one attached hydrogen (secondary N) is 1. The number of halogens is 1. The molecule has 0 unspecified atom stereocenters. The summed E-state index contributed by atoms with van der Waals surface area (Å²) in [6.07, 6.45) is 4.82. The van der Waals surface area contributed by atoms with E-state index in [0.717, 1.165) is 29.4 Å². The number of hydrogen-bond donors (Lipinski definition) is 1. The van der Waals surface area contributed by atoms with Gasteiger partial charge in [-0.3, -0.25) is 4.79 Å². The highest BCUT2D eigenvalue weighted by molar-refractivity contribution is 9.10. The van der Waals surface area contributed by atoms with Gasteiger partial charge in [-0.05, 0) is 55.1 Å². The summed E-state index contributed by atoms with van der Waals surface area (Å²) in [4.78, 5) is 12.5. The summed E-state index contributed by atoms with van der Waals surface area (Å²) in [5, 5.41) is 3.22. The van der Waals surface area contributed by atoms with Crippen LogP contribution in [0.2, 0.25) is 0 Å². The van der Waals surface area contributed by atoms with Crippen LogP contribution in [-0.2, 0) is 0 Å². The fourth-order valence-corrected chi connectivity index (χ4v) is 2.81. The van der Waals surface area contributed by atoms with Gasteiger partial charge < -0.3 is 9.88 Å². The highest BCUT2D eigenvalue weighted by atomic mass is 79.9. The number of nitrogens with zero attached hydrogens (tertiary/aromatic N) is 1. The third-order valence-corrected chi connectivity index (χ3v) is 4.45. The van der Waals surface area contributed by atoms with Gasteiger partial charge in [-0.1, -0.05) is 20.8 Å². The van der Waals surface area contributed by atoms with E-state index in [-0.39, 0.29) is 17.5 Å². The normalized spacial score (nSPS) is 11.9. The van der Waals surface area contributed by atoms with Gasteiger partial charge in [0.25, 0.3) is 5.91 Å². The molecule has 0 saturated heterocycles. The number of carbonyl (C=O) groups is 1. The topological polar surface area (TPSA) is 34.0 Å². The van der Waals surface area contributed by atoms with Crippen molar-refractivity contribution in [2.75, 3.05) is 0 Å². The minimum atomic E-state index is -0.0877. The Morgan fingerprint density at radius 2 is 1.84 bits per heavy atom. The van der Waals surface area contributed by atoms with Crippen LogP contribution in [0.3, 0.4) is 0 Å². The lowest BCUT2D eigenvalue weighted by Crippen LogP contribution is -2.47. The summed E-state index contributed by atoms with van der Waals surface area (Å²) >= 11 is 3.45. The Labute approximate surface area is 124 Å². The van der Waals surface area contributed by atoms with Crippen molar-refractivity contribution in [1.82, 2.24) is 9.88 Å². The van der Waals surface area contributed by atoms with Gasteiger partial charge in [0.15, 0.2) is 0 Å². The fraction of sp³-hybridized carbons (Fsp3) is 0.667. The molecule has 1 rings (SSSR count). The highest BCUT2D eigenvalue weighted by Crippen LogP contribution is 2.23. The Bertz CT molecular complexity index is 425. The predicted octanol–water partition coefficient (Wildman–Crippen LogP) is 4.53. The summed E-state index contributed by atoms with van der Waals surface area (Å²) in [5.74, 6) is 0.0185. The number of hydrogen-bond acceptors (Lipinski definition) is 1. The van der Waals surface area contributed by atoms with Gasteiger partial charge in [-0.25, -0.2) is 0 Å². The molecule has 0 atom stereocenters. The molecular formula is C15H25BrN2O. The zero-order valence-electron chi connectivity index (χ0n) is 12.6. The molecule has 3 nitrogen and oxygen atoms in total. The van der Waals surface area contributed by atoms with Crippen LogP contribution in [0.5, 0.6) is 0 Å². The minimum absolute atomic E-state index is 0.0185. The van der Waals surface area contributed by atoms with Gasteiger partial charge in [0.2, 0.25) is 0 Å². The molecule has 1 aromatic heterocycles. The van der Waals surface area contributed by atoms with Crippen LogP contribution in [0.15, 0.2) is 16.7 Å². The fourth-order valence-electron chi connectivity index (χ4n) is 2.37. The third-order valence-electron chi connectivity index (χ3n) is 4.01. The maximum atomic E-state index is 12.5. The van der Waals surface area contributed by atoms with Crippen molar-refractivity contribution in [1.29, 1.82) is 0 Å². The maximum absolute atomic E-state index is 12.5. The molecule has 0 fully saturated rings. The monoisotopic (exact) mass is 328 g/mol. The van der Waals surface area contributed by atoms with Gasteiger partial charge >= 0.3 is 0 Å². The summed E-state index contributed by atoms with van der Waals surface area (Å²) < 4.78 is 2.95. The van der Waals surface area contributed by atoms with Crippen LogP contribution in [-0.4, -0.2) is 16.0 Å². The zero-order chi connectivity index (χ0) is 14.6. The Kier molecular flexibility index (Phi) is 5.65. The lowest BCUT2D eigenvalue weighted by molar-refractivity contribution is 0.0877. The van der Waals surface area contributed by atoms with Crippen molar-refractivity contribution in [3.63, 3.8) is 0 Å². The molecule has 0 aromatic carbocycles. The van der Waals surface area contributed by atoms with Crippen LogP contribution >= 0.6 is 15.9 Å². The summed E-state index contributed by atoms with van der Waals surface area (Å²) in [5.41, 5.74) is 0.636. The van der Waals surface area contributed by atoms with Crippen molar-refractivity contribution in [2.24, 2.45) is 0 Å². The number of aromatic nitrogens is 1. The third kappa shape index (κ3) is 3.62. The minimum Gasteiger partial charge on any atom is -0.345 e. The molecule has 1 aromatic rings. The van der Waals surface area contributed by atoms with E-state index in [0.29, 0.717) is 0 Å². The maximum Gasteiger partial charge on any atom is 0.268 e. The molecule has 1 heterocycles. The van der Waals surface area contributed by atoms with Crippen LogP contribution in [0, 0.1) is 0 Å². The quantitative estimate of drug-likeness (QED) is 0.817. The number of carbonyl (C=O) groups excluding carboxylic acids is 1. The molecule has 0 radical (unpaired) electrons. The van der Waals surface area contributed by atoms with Crippen molar-refractivity contribution in [3.8, 4) is 0 Å². The summed E-state index contributed by atoms with van der Waals surface area (Å²) in [6.45, 7) is 10.5. The van der Waals surface area contributed by atoms with E-state index in [9.17, 15) is 4.79 Å². The van der Waals surface area contributed by atoms with Gasteiger partial charge in [0.05, 0.1) is 0 Å². The first-order valence-corrected chi connectivity index (χ1v) is 7.88. The van der Waals surface area contributed by atoms with E-state index < -0.39 is 0 Å². The summed E-state index contributed by atoms with van der Waals surface area (Å²) in [7, 11) is 0. The first kappa shape index (κ1) is 16.3. The average molecular weight is 329 g/mol. The molecule has 19 heavy (non-hydrogen) atoms. The van der Waals surface area contributed by atoms with Gasteiger partial charge in [0, 0.05) is 22.3 Å². The predicted molar refractivity (Wildman–Crippen MR) is 83.6 cm³/mol. The van der Waals surface area contributed by atoms with E-state index in [2.05, 4.69) is 55.9 Å². The van der Waals surface area contributed by atoms with Crippen LogP contribution < -0.4 is 5.32 Å². The molecule has 108 valence electrons. The molecular weight excluding hydrogens is 304 g/mol. The van der Waals surface area contributed by atoms with Gasteiger partial charge in [-0.2, -0.15) is 0 Å². The van der Waals surface area contributed by atoms with E-state index in [1.54, 1.807) is 0 Å². The molecule has 1 amide bonds. The Balaban J connectivity index is 3.01. The summed E-state index contributed by atoms with van der Waals surface area (Å²) in [6, 6.07) is 2.16. The van der Waals surface area contributed by atoms with Crippen LogP contribution in [0.25, 0.3) is 0 Å². The molecule has 0 aliphatic rings. The SMILES string of the molecule is CCC(CC)(CC)NC(=O)c1cc(Br)cn1C(C)C. The number of rotatable bonds is 6. The molecule has 0 aliphatic carbocycles. The van der Waals surface area contributed by atoms with E-state index in [4.69, 9.17) is 0 Å². The van der Waals surface area contributed by atoms with E-state index >= 15 is 0 Å². The van der Waals surface area contributed by atoms with Gasteiger partial charge in [-0.15, -0.1) is 0 Å². The Hall–Kier alpha value is -0.770. The van der Waals surface area contributed by atoms with Crippen molar-refractivity contribution in [2.45, 2.75) is 65.5 Å². The second-order valence-electron chi connectivity index (χ2n) is 5.34. The van der Waals surface area contributed by atoms with E-state index in [1.165, 1.54) is 0 Å². The molecule has 0 saturated carbocycles. The molecule has 4 heteroatoms. The van der Waals surface area contributed by atoms with Crippen molar-refractivity contribution < 1.29 is 4.79 Å². The number of amides is 1. The van der Waals surface area contributed by atoms with E-state index in [1.807, 2.05) is 16.8 Å². The first-order chi connectivity index (χ1) is 8.89. The Morgan fingerprint density at radius 1 is 1.32 bits per heavy atom.